The van der Waals surface area contributed by atoms with Gasteiger partial charge in [-0.25, -0.2) is 14.6 Å². The van der Waals surface area contributed by atoms with Gasteiger partial charge < -0.3 is 11.1 Å². The van der Waals surface area contributed by atoms with Gasteiger partial charge in [-0.2, -0.15) is 5.10 Å². The first-order valence-corrected chi connectivity index (χ1v) is 7.10. The molecular formula is C14H18N6O. The fraction of sp³-hybridized carbons (Fsp3) is 0.429. The molecule has 0 aromatic carbocycles. The lowest BCUT2D eigenvalue weighted by Crippen LogP contribution is -2.34. The van der Waals surface area contributed by atoms with Gasteiger partial charge in [-0.15, -0.1) is 0 Å². The van der Waals surface area contributed by atoms with E-state index < -0.39 is 0 Å². The minimum Gasteiger partial charge on any atom is -0.328 e. The largest absolute Gasteiger partial charge is 0.328 e. The lowest BCUT2D eigenvalue weighted by atomic mass is 9.85. The van der Waals surface area contributed by atoms with Crippen LogP contribution in [0.25, 0.3) is 5.82 Å². The van der Waals surface area contributed by atoms with Crippen molar-refractivity contribution >= 4 is 11.6 Å². The second-order valence-electron chi connectivity index (χ2n) is 5.33. The Morgan fingerprint density at radius 2 is 2.33 bits per heavy atom. The summed E-state index contributed by atoms with van der Waals surface area (Å²) in [6.45, 7) is 0. The molecule has 0 spiro atoms. The Balaban J connectivity index is 1.77. The van der Waals surface area contributed by atoms with E-state index in [2.05, 4.69) is 20.4 Å². The second-order valence-corrected chi connectivity index (χ2v) is 5.33. The first kappa shape index (κ1) is 13.7. The van der Waals surface area contributed by atoms with Gasteiger partial charge in [-0.05, 0) is 31.4 Å². The van der Waals surface area contributed by atoms with Crippen LogP contribution in [0, 0.1) is 5.92 Å². The Morgan fingerprint density at radius 1 is 1.43 bits per heavy atom. The molecular weight excluding hydrogens is 268 g/mol. The Kier molecular flexibility index (Phi) is 3.92. The number of nitrogens with two attached hydrogens (primary N) is 1. The van der Waals surface area contributed by atoms with E-state index in [0.717, 1.165) is 25.7 Å². The number of amides is 1. The highest BCUT2D eigenvalue weighted by Gasteiger charge is 2.26. The zero-order valence-electron chi connectivity index (χ0n) is 11.6. The van der Waals surface area contributed by atoms with Gasteiger partial charge in [0.1, 0.15) is 12.7 Å². The quantitative estimate of drug-likeness (QED) is 0.881. The average molecular weight is 286 g/mol. The lowest BCUT2D eigenvalue weighted by Gasteiger charge is -2.25. The third-order valence-corrected chi connectivity index (χ3v) is 3.77. The van der Waals surface area contributed by atoms with Gasteiger partial charge >= 0.3 is 0 Å². The lowest BCUT2D eigenvalue weighted by molar-refractivity contribution is -0.120. The van der Waals surface area contributed by atoms with Crippen molar-refractivity contribution in [3.63, 3.8) is 0 Å². The molecule has 0 radical (unpaired) electrons. The van der Waals surface area contributed by atoms with Crippen LogP contribution in [-0.4, -0.2) is 31.7 Å². The van der Waals surface area contributed by atoms with Gasteiger partial charge in [0.25, 0.3) is 0 Å². The van der Waals surface area contributed by atoms with Crippen LogP contribution in [0.1, 0.15) is 25.7 Å². The predicted molar refractivity (Wildman–Crippen MR) is 77.7 cm³/mol. The number of carbonyl (C=O) groups excluding carboxylic acids is 1. The standard InChI is InChI=1S/C14H18N6O/c15-11-4-1-3-10(7-11)14(21)19-12-5-2-6-17-13(12)20-9-16-8-18-20/h2,5-6,8-11H,1,3-4,7,15H2,(H,19,21). The van der Waals surface area contributed by atoms with Crippen LogP contribution in [0.3, 0.4) is 0 Å². The maximum absolute atomic E-state index is 12.4. The van der Waals surface area contributed by atoms with Crippen molar-refractivity contribution < 1.29 is 4.79 Å². The van der Waals surface area contributed by atoms with Crippen molar-refractivity contribution in [3.05, 3.63) is 31.0 Å². The molecule has 7 nitrogen and oxygen atoms in total. The zero-order chi connectivity index (χ0) is 14.7. The van der Waals surface area contributed by atoms with Gasteiger partial charge in [-0.3, -0.25) is 4.79 Å². The highest BCUT2D eigenvalue weighted by molar-refractivity contribution is 5.94. The van der Waals surface area contributed by atoms with Crippen LogP contribution in [0.2, 0.25) is 0 Å². The summed E-state index contributed by atoms with van der Waals surface area (Å²) in [5.41, 5.74) is 6.58. The molecule has 1 aliphatic carbocycles. The number of hydrogen-bond donors (Lipinski definition) is 2. The number of anilines is 1. The third kappa shape index (κ3) is 3.08. The van der Waals surface area contributed by atoms with E-state index in [1.165, 1.54) is 11.0 Å². The first-order chi connectivity index (χ1) is 10.2. The summed E-state index contributed by atoms with van der Waals surface area (Å²) in [7, 11) is 0. The Bertz CT molecular complexity index is 612. The number of hydrogen-bond acceptors (Lipinski definition) is 5. The van der Waals surface area contributed by atoms with E-state index in [1.54, 1.807) is 18.6 Å². The van der Waals surface area contributed by atoms with E-state index in [4.69, 9.17) is 5.73 Å². The molecule has 3 N–H and O–H groups in total. The van der Waals surface area contributed by atoms with E-state index >= 15 is 0 Å². The summed E-state index contributed by atoms with van der Waals surface area (Å²) in [5, 5.41) is 6.99. The van der Waals surface area contributed by atoms with Gasteiger partial charge in [0.2, 0.25) is 5.91 Å². The Hall–Kier alpha value is -2.28. The molecule has 0 bridgehead atoms. The maximum Gasteiger partial charge on any atom is 0.227 e. The van der Waals surface area contributed by atoms with Crippen molar-refractivity contribution in [2.24, 2.45) is 11.7 Å². The van der Waals surface area contributed by atoms with Crippen molar-refractivity contribution in [3.8, 4) is 5.82 Å². The molecule has 0 saturated heterocycles. The van der Waals surface area contributed by atoms with Crippen LogP contribution in [0.15, 0.2) is 31.0 Å². The summed E-state index contributed by atoms with van der Waals surface area (Å²) in [4.78, 5) is 20.6. The number of nitrogens with zero attached hydrogens (tertiary/aromatic N) is 4. The van der Waals surface area contributed by atoms with Crippen LogP contribution in [0.4, 0.5) is 5.69 Å². The molecule has 2 heterocycles. The van der Waals surface area contributed by atoms with Gasteiger partial charge in [0.05, 0.1) is 5.69 Å². The minimum atomic E-state index is -0.0300. The highest BCUT2D eigenvalue weighted by Crippen LogP contribution is 2.25. The summed E-state index contributed by atoms with van der Waals surface area (Å²) < 4.78 is 1.53. The van der Waals surface area contributed by atoms with Gasteiger partial charge in [0, 0.05) is 18.2 Å². The zero-order valence-corrected chi connectivity index (χ0v) is 11.6. The van der Waals surface area contributed by atoms with E-state index in [9.17, 15) is 4.79 Å². The third-order valence-electron chi connectivity index (χ3n) is 3.77. The number of nitrogens with one attached hydrogen (secondary N) is 1. The normalized spacial score (nSPS) is 22.0. The van der Waals surface area contributed by atoms with Crippen molar-refractivity contribution in [2.75, 3.05) is 5.32 Å². The SMILES string of the molecule is NC1CCCC(C(=O)Nc2cccnc2-n2cncn2)C1. The monoisotopic (exact) mass is 286 g/mol. The van der Waals surface area contributed by atoms with Crippen molar-refractivity contribution in [1.29, 1.82) is 0 Å². The summed E-state index contributed by atoms with van der Waals surface area (Å²) in [6, 6.07) is 3.71. The van der Waals surface area contributed by atoms with Crippen LogP contribution >= 0.6 is 0 Å². The summed E-state index contributed by atoms with van der Waals surface area (Å²) in [5.74, 6) is 0.528. The molecule has 7 heteroatoms. The molecule has 3 rings (SSSR count). The topological polar surface area (TPSA) is 98.7 Å². The predicted octanol–water partition coefficient (Wildman–Crippen LogP) is 1.12. The van der Waals surface area contributed by atoms with Crippen molar-refractivity contribution in [2.45, 2.75) is 31.7 Å². The van der Waals surface area contributed by atoms with Gasteiger partial charge in [-0.1, -0.05) is 6.42 Å². The maximum atomic E-state index is 12.4. The molecule has 21 heavy (non-hydrogen) atoms. The first-order valence-electron chi connectivity index (χ1n) is 7.10. The Labute approximate surface area is 122 Å². The number of carbonyl (C=O) groups is 1. The second kappa shape index (κ2) is 6.01. The van der Waals surface area contributed by atoms with Crippen molar-refractivity contribution in [1.82, 2.24) is 19.7 Å². The van der Waals surface area contributed by atoms with Crippen LogP contribution < -0.4 is 11.1 Å². The Morgan fingerprint density at radius 3 is 3.10 bits per heavy atom. The smallest absolute Gasteiger partial charge is 0.227 e. The molecule has 1 fully saturated rings. The van der Waals surface area contributed by atoms with Gasteiger partial charge in [0.15, 0.2) is 5.82 Å². The van der Waals surface area contributed by atoms with E-state index in [0.29, 0.717) is 11.5 Å². The molecule has 2 aromatic heterocycles. The molecule has 2 aromatic rings. The average Bonchev–Trinajstić information content (AvgIpc) is 3.02. The van der Waals surface area contributed by atoms with E-state index in [-0.39, 0.29) is 17.9 Å². The molecule has 1 aliphatic rings. The summed E-state index contributed by atoms with van der Waals surface area (Å²) >= 11 is 0. The number of aromatic nitrogens is 4. The molecule has 2 unspecified atom stereocenters. The number of pyridine rings is 1. The molecule has 110 valence electrons. The van der Waals surface area contributed by atoms with Crippen LogP contribution in [0.5, 0.6) is 0 Å². The fourth-order valence-corrected chi connectivity index (χ4v) is 2.70. The summed E-state index contributed by atoms with van der Waals surface area (Å²) in [6.07, 6.45) is 8.27. The highest BCUT2D eigenvalue weighted by atomic mass is 16.1. The van der Waals surface area contributed by atoms with E-state index in [1.807, 2.05) is 6.07 Å². The molecule has 1 saturated carbocycles. The molecule has 0 aliphatic heterocycles. The van der Waals surface area contributed by atoms with Crippen LogP contribution in [-0.2, 0) is 4.79 Å². The fourth-order valence-electron chi connectivity index (χ4n) is 2.70. The minimum absolute atomic E-state index is 0.000449. The molecule has 1 amide bonds. The molecule has 2 atom stereocenters. The number of rotatable bonds is 3.